The zero-order valence-electron chi connectivity index (χ0n) is 12.7. The van der Waals surface area contributed by atoms with Crippen LogP contribution in [0.2, 0.25) is 0 Å². The van der Waals surface area contributed by atoms with Crippen LogP contribution in [-0.4, -0.2) is 36.2 Å². The SMILES string of the molecule is CC(N)C(c1ccc(Br)cc1)N1CCOC2CCCCC21. The first kappa shape index (κ1) is 15.5. The van der Waals surface area contributed by atoms with Gasteiger partial charge in [-0.05, 0) is 37.5 Å². The number of ether oxygens (including phenoxy) is 1. The number of morpholine rings is 1. The lowest BCUT2D eigenvalue weighted by atomic mass is 9.87. The molecule has 4 atom stereocenters. The molecule has 0 amide bonds. The Bertz CT molecular complexity index is 460. The molecule has 0 bridgehead atoms. The molecule has 1 aliphatic carbocycles. The minimum Gasteiger partial charge on any atom is -0.375 e. The van der Waals surface area contributed by atoms with E-state index in [0.717, 1.165) is 17.6 Å². The number of halogens is 1. The standard InChI is InChI=1S/C17H25BrN2O/c1-12(19)17(13-6-8-14(18)9-7-13)20-10-11-21-16-5-3-2-4-15(16)20/h6-9,12,15-17H,2-5,10-11,19H2,1H3. The van der Waals surface area contributed by atoms with Gasteiger partial charge in [-0.2, -0.15) is 0 Å². The van der Waals surface area contributed by atoms with Crippen molar-refractivity contribution in [2.75, 3.05) is 13.2 Å². The maximum Gasteiger partial charge on any atom is 0.0731 e. The van der Waals surface area contributed by atoms with Crippen LogP contribution in [0, 0.1) is 0 Å². The van der Waals surface area contributed by atoms with Gasteiger partial charge in [-0.25, -0.2) is 0 Å². The van der Waals surface area contributed by atoms with Crippen LogP contribution in [-0.2, 0) is 4.74 Å². The topological polar surface area (TPSA) is 38.5 Å². The fraction of sp³-hybridized carbons (Fsp3) is 0.647. The number of fused-ring (bicyclic) bond motifs is 1. The zero-order chi connectivity index (χ0) is 14.8. The molecule has 0 radical (unpaired) electrons. The van der Waals surface area contributed by atoms with Crippen molar-refractivity contribution >= 4 is 15.9 Å². The van der Waals surface area contributed by atoms with E-state index < -0.39 is 0 Å². The van der Waals surface area contributed by atoms with E-state index in [0.29, 0.717) is 12.1 Å². The summed E-state index contributed by atoms with van der Waals surface area (Å²) in [5, 5.41) is 0. The quantitative estimate of drug-likeness (QED) is 0.904. The highest BCUT2D eigenvalue weighted by Gasteiger charge is 2.39. The minimum absolute atomic E-state index is 0.117. The highest BCUT2D eigenvalue weighted by Crippen LogP contribution is 2.35. The molecule has 1 heterocycles. The van der Waals surface area contributed by atoms with Crippen LogP contribution in [0.4, 0.5) is 0 Å². The van der Waals surface area contributed by atoms with E-state index in [4.69, 9.17) is 10.5 Å². The van der Waals surface area contributed by atoms with E-state index in [1.165, 1.54) is 31.2 Å². The van der Waals surface area contributed by atoms with E-state index in [1.807, 2.05) is 0 Å². The first-order valence-electron chi connectivity index (χ1n) is 8.05. The summed E-state index contributed by atoms with van der Waals surface area (Å²) < 4.78 is 7.12. The van der Waals surface area contributed by atoms with Crippen molar-refractivity contribution in [3.8, 4) is 0 Å². The summed E-state index contributed by atoms with van der Waals surface area (Å²) in [6.45, 7) is 3.95. The molecule has 2 aliphatic rings. The Morgan fingerprint density at radius 3 is 2.67 bits per heavy atom. The van der Waals surface area contributed by atoms with Gasteiger partial charge in [0, 0.05) is 23.1 Å². The first-order valence-corrected chi connectivity index (χ1v) is 8.84. The number of nitrogens with zero attached hydrogens (tertiary/aromatic N) is 1. The van der Waals surface area contributed by atoms with E-state index in [-0.39, 0.29) is 12.1 Å². The van der Waals surface area contributed by atoms with Crippen molar-refractivity contribution in [3.63, 3.8) is 0 Å². The molecule has 1 aliphatic heterocycles. The summed E-state index contributed by atoms with van der Waals surface area (Å²) in [7, 11) is 0. The van der Waals surface area contributed by atoms with Crippen LogP contribution in [0.25, 0.3) is 0 Å². The van der Waals surface area contributed by atoms with Gasteiger partial charge in [0.05, 0.1) is 18.8 Å². The van der Waals surface area contributed by atoms with E-state index >= 15 is 0 Å². The zero-order valence-corrected chi connectivity index (χ0v) is 14.3. The van der Waals surface area contributed by atoms with Crippen LogP contribution < -0.4 is 5.73 Å². The van der Waals surface area contributed by atoms with Crippen LogP contribution in [0.15, 0.2) is 28.7 Å². The Balaban J connectivity index is 1.87. The van der Waals surface area contributed by atoms with E-state index in [1.54, 1.807) is 0 Å². The average Bonchev–Trinajstić information content (AvgIpc) is 2.49. The van der Waals surface area contributed by atoms with Gasteiger partial charge in [-0.3, -0.25) is 4.90 Å². The van der Waals surface area contributed by atoms with Crippen molar-refractivity contribution in [2.45, 2.75) is 56.8 Å². The summed E-state index contributed by atoms with van der Waals surface area (Å²) in [6.07, 6.45) is 5.46. The Kier molecular flexibility index (Phi) is 4.99. The average molecular weight is 353 g/mol. The summed E-state index contributed by atoms with van der Waals surface area (Å²) >= 11 is 3.52. The van der Waals surface area contributed by atoms with Crippen LogP contribution >= 0.6 is 15.9 Å². The predicted octanol–water partition coefficient (Wildman–Crippen LogP) is 3.48. The van der Waals surface area contributed by atoms with Gasteiger partial charge in [-0.15, -0.1) is 0 Å². The molecular weight excluding hydrogens is 328 g/mol. The third-order valence-corrected chi connectivity index (χ3v) is 5.37. The molecule has 0 spiro atoms. The Morgan fingerprint density at radius 1 is 1.24 bits per heavy atom. The first-order chi connectivity index (χ1) is 10.2. The highest BCUT2D eigenvalue weighted by molar-refractivity contribution is 9.10. The summed E-state index contributed by atoms with van der Waals surface area (Å²) in [5.41, 5.74) is 7.68. The lowest BCUT2D eigenvalue weighted by Crippen LogP contribution is -2.56. The monoisotopic (exact) mass is 352 g/mol. The van der Waals surface area contributed by atoms with Gasteiger partial charge in [-0.1, -0.05) is 40.9 Å². The molecule has 1 saturated carbocycles. The molecule has 1 aromatic carbocycles. The van der Waals surface area contributed by atoms with Crippen molar-refractivity contribution in [3.05, 3.63) is 34.3 Å². The molecule has 2 N–H and O–H groups in total. The molecule has 1 aromatic rings. The number of rotatable bonds is 3. The second-order valence-electron chi connectivity index (χ2n) is 6.35. The molecule has 3 rings (SSSR count). The van der Waals surface area contributed by atoms with Crippen molar-refractivity contribution in [1.82, 2.24) is 4.90 Å². The molecule has 21 heavy (non-hydrogen) atoms. The van der Waals surface area contributed by atoms with Crippen molar-refractivity contribution < 1.29 is 4.74 Å². The maximum absolute atomic E-state index is 6.37. The molecule has 3 nitrogen and oxygen atoms in total. The van der Waals surface area contributed by atoms with Crippen molar-refractivity contribution in [1.29, 1.82) is 0 Å². The maximum atomic E-state index is 6.37. The van der Waals surface area contributed by atoms with Gasteiger partial charge in [0.15, 0.2) is 0 Å². The Hall–Kier alpha value is -0.420. The second-order valence-corrected chi connectivity index (χ2v) is 7.27. The predicted molar refractivity (Wildman–Crippen MR) is 89.2 cm³/mol. The van der Waals surface area contributed by atoms with Gasteiger partial charge in [0.1, 0.15) is 0 Å². The molecule has 4 heteroatoms. The Morgan fingerprint density at radius 2 is 1.95 bits per heavy atom. The largest absolute Gasteiger partial charge is 0.375 e. The third-order valence-electron chi connectivity index (χ3n) is 4.84. The number of nitrogens with two attached hydrogens (primary N) is 1. The lowest BCUT2D eigenvalue weighted by Gasteiger charge is -2.48. The van der Waals surface area contributed by atoms with Gasteiger partial charge in [0.2, 0.25) is 0 Å². The number of benzene rings is 1. The molecule has 4 unspecified atom stereocenters. The van der Waals surface area contributed by atoms with Gasteiger partial charge in [0.25, 0.3) is 0 Å². The normalized spacial score (nSPS) is 29.7. The van der Waals surface area contributed by atoms with Crippen LogP contribution in [0.5, 0.6) is 0 Å². The van der Waals surface area contributed by atoms with Gasteiger partial charge < -0.3 is 10.5 Å². The van der Waals surface area contributed by atoms with Crippen LogP contribution in [0.3, 0.4) is 0 Å². The summed E-state index contributed by atoms with van der Waals surface area (Å²) in [6, 6.07) is 9.57. The Labute approximate surface area is 136 Å². The third kappa shape index (κ3) is 3.34. The minimum atomic E-state index is 0.117. The fourth-order valence-corrected chi connectivity index (χ4v) is 4.19. The lowest BCUT2D eigenvalue weighted by molar-refractivity contribution is -0.106. The molecular formula is C17H25BrN2O. The molecule has 1 saturated heterocycles. The molecule has 116 valence electrons. The fourth-order valence-electron chi connectivity index (χ4n) is 3.93. The van der Waals surface area contributed by atoms with Crippen LogP contribution in [0.1, 0.15) is 44.2 Å². The van der Waals surface area contributed by atoms with E-state index in [9.17, 15) is 0 Å². The summed E-state index contributed by atoms with van der Waals surface area (Å²) in [5.74, 6) is 0. The van der Waals surface area contributed by atoms with Crippen molar-refractivity contribution in [2.24, 2.45) is 5.73 Å². The van der Waals surface area contributed by atoms with Gasteiger partial charge >= 0.3 is 0 Å². The highest BCUT2D eigenvalue weighted by atomic mass is 79.9. The summed E-state index contributed by atoms with van der Waals surface area (Å²) in [4.78, 5) is 2.61. The smallest absolute Gasteiger partial charge is 0.0731 e. The molecule has 0 aromatic heterocycles. The van der Waals surface area contributed by atoms with E-state index in [2.05, 4.69) is 52.0 Å². The number of hydrogen-bond donors (Lipinski definition) is 1. The second kappa shape index (κ2) is 6.78. The number of hydrogen-bond acceptors (Lipinski definition) is 3. The molecule has 2 fully saturated rings.